The summed E-state index contributed by atoms with van der Waals surface area (Å²) >= 11 is 0. The molecule has 0 radical (unpaired) electrons. The highest BCUT2D eigenvalue weighted by Gasteiger charge is 2.39. The molecule has 1 saturated carbocycles. The lowest BCUT2D eigenvalue weighted by Crippen LogP contribution is -2.17. The molecule has 1 rings (SSSR count). The largest absolute Gasteiger partial charge is 0.317 e. The van der Waals surface area contributed by atoms with E-state index in [0.29, 0.717) is 0 Å². The Morgan fingerprint density at radius 3 is 2.40 bits per heavy atom. The van der Waals surface area contributed by atoms with E-state index in [1.165, 1.54) is 32.2 Å². The summed E-state index contributed by atoms with van der Waals surface area (Å²) in [5.74, 6) is 0. The van der Waals surface area contributed by atoms with Crippen molar-refractivity contribution in [1.29, 1.82) is 0 Å². The minimum atomic E-state index is 0.780. The fourth-order valence-electron chi connectivity index (χ4n) is 1.49. The molecule has 1 fully saturated rings. The summed E-state index contributed by atoms with van der Waals surface area (Å²) in [5, 5.41) is 3.38. The van der Waals surface area contributed by atoms with Crippen LogP contribution in [0.2, 0.25) is 0 Å². The standard InChI is InChI=1S/C9H19N/c1-3-9(5-6-9)7-8-10-4-2/h10H,3-8H2,1-2H3. The maximum Gasteiger partial charge on any atom is -0.00437 e. The van der Waals surface area contributed by atoms with Crippen molar-refractivity contribution in [3.8, 4) is 0 Å². The Morgan fingerprint density at radius 1 is 1.30 bits per heavy atom. The zero-order valence-corrected chi connectivity index (χ0v) is 7.24. The maximum absolute atomic E-state index is 3.38. The van der Waals surface area contributed by atoms with Gasteiger partial charge < -0.3 is 5.32 Å². The van der Waals surface area contributed by atoms with Gasteiger partial charge >= 0.3 is 0 Å². The topological polar surface area (TPSA) is 12.0 Å². The minimum absolute atomic E-state index is 0.780. The van der Waals surface area contributed by atoms with E-state index in [1.54, 1.807) is 0 Å². The van der Waals surface area contributed by atoms with Crippen molar-refractivity contribution in [3.63, 3.8) is 0 Å². The van der Waals surface area contributed by atoms with Gasteiger partial charge in [0.15, 0.2) is 0 Å². The van der Waals surface area contributed by atoms with E-state index in [0.717, 1.165) is 12.0 Å². The van der Waals surface area contributed by atoms with E-state index in [4.69, 9.17) is 0 Å². The van der Waals surface area contributed by atoms with E-state index >= 15 is 0 Å². The van der Waals surface area contributed by atoms with Crippen LogP contribution in [-0.2, 0) is 0 Å². The predicted molar refractivity (Wildman–Crippen MR) is 45.1 cm³/mol. The molecule has 0 aromatic rings. The molecule has 1 N–H and O–H groups in total. The monoisotopic (exact) mass is 141 g/mol. The van der Waals surface area contributed by atoms with Gasteiger partial charge in [0.05, 0.1) is 0 Å². The molecule has 0 amide bonds. The molecule has 1 heteroatoms. The lowest BCUT2D eigenvalue weighted by atomic mass is 10.00. The molecule has 10 heavy (non-hydrogen) atoms. The van der Waals surface area contributed by atoms with Crippen LogP contribution in [0.4, 0.5) is 0 Å². The second-order valence-corrected chi connectivity index (χ2v) is 3.46. The van der Waals surface area contributed by atoms with Gasteiger partial charge in [0, 0.05) is 0 Å². The van der Waals surface area contributed by atoms with Gasteiger partial charge in [-0.2, -0.15) is 0 Å². The third kappa shape index (κ3) is 1.98. The SMILES string of the molecule is CCNCCC1(CC)CC1. The van der Waals surface area contributed by atoms with Crippen LogP contribution in [0.15, 0.2) is 0 Å². The van der Waals surface area contributed by atoms with Crippen molar-refractivity contribution in [1.82, 2.24) is 5.32 Å². The lowest BCUT2D eigenvalue weighted by Gasteiger charge is -2.11. The third-order valence-corrected chi connectivity index (χ3v) is 2.79. The average molecular weight is 141 g/mol. The number of nitrogens with one attached hydrogen (secondary N) is 1. The Kier molecular flexibility index (Phi) is 2.72. The van der Waals surface area contributed by atoms with E-state index in [2.05, 4.69) is 19.2 Å². The van der Waals surface area contributed by atoms with E-state index in [1.807, 2.05) is 0 Å². The quantitative estimate of drug-likeness (QED) is 0.579. The smallest absolute Gasteiger partial charge is 0.00437 e. The number of rotatable bonds is 5. The molecular weight excluding hydrogens is 122 g/mol. The summed E-state index contributed by atoms with van der Waals surface area (Å²) < 4.78 is 0. The van der Waals surface area contributed by atoms with Crippen LogP contribution in [0.25, 0.3) is 0 Å². The summed E-state index contributed by atoms with van der Waals surface area (Å²) in [6, 6.07) is 0. The zero-order chi connectivity index (χ0) is 7.45. The fraction of sp³-hybridized carbons (Fsp3) is 1.00. The Labute approximate surface area is 64.2 Å². The Hall–Kier alpha value is -0.0400. The van der Waals surface area contributed by atoms with E-state index in [9.17, 15) is 0 Å². The second-order valence-electron chi connectivity index (χ2n) is 3.46. The van der Waals surface area contributed by atoms with Gasteiger partial charge in [-0.05, 0) is 37.8 Å². The van der Waals surface area contributed by atoms with Crippen molar-refractivity contribution in [2.75, 3.05) is 13.1 Å². The highest BCUT2D eigenvalue weighted by atomic mass is 14.8. The van der Waals surface area contributed by atoms with Crippen molar-refractivity contribution < 1.29 is 0 Å². The van der Waals surface area contributed by atoms with Gasteiger partial charge in [0.25, 0.3) is 0 Å². The van der Waals surface area contributed by atoms with Crippen LogP contribution in [-0.4, -0.2) is 13.1 Å². The maximum atomic E-state index is 3.38. The van der Waals surface area contributed by atoms with Crippen LogP contribution < -0.4 is 5.32 Å². The van der Waals surface area contributed by atoms with Crippen LogP contribution in [0.3, 0.4) is 0 Å². The molecule has 0 spiro atoms. The van der Waals surface area contributed by atoms with Crippen LogP contribution in [0, 0.1) is 5.41 Å². The second kappa shape index (κ2) is 3.38. The van der Waals surface area contributed by atoms with Gasteiger partial charge in [-0.1, -0.05) is 20.3 Å². The Morgan fingerprint density at radius 2 is 2.00 bits per heavy atom. The molecule has 60 valence electrons. The lowest BCUT2D eigenvalue weighted by molar-refractivity contribution is 0.435. The van der Waals surface area contributed by atoms with Gasteiger partial charge in [0.1, 0.15) is 0 Å². The molecule has 0 aromatic carbocycles. The molecule has 0 bridgehead atoms. The third-order valence-electron chi connectivity index (χ3n) is 2.79. The van der Waals surface area contributed by atoms with Crippen molar-refractivity contribution >= 4 is 0 Å². The molecule has 1 aliphatic rings. The van der Waals surface area contributed by atoms with Gasteiger partial charge in [0.2, 0.25) is 0 Å². The average Bonchev–Trinajstić information content (AvgIpc) is 2.70. The van der Waals surface area contributed by atoms with E-state index < -0.39 is 0 Å². The predicted octanol–water partition coefficient (Wildman–Crippen LogP) is 2.18. The first-order valence-corrected chi connectivity index (χ1v) is 4.54. The summed E-state index contributed by atoms with van der Waals surface area (Å²) in [4.78, 5) is 0. The first-order valence-electron chi connectivity index (χ1n) is 4.54. The molecule has 0 unspecified atom stereocenters. The molecule has 1 nitrogen and oxygen atoms in total. The fourth-order valence-corrected chi connectivity index (χ4v) is 1.49. The highest BCUT2D eigenvalue weighted by Crippen LogP contribution is 2.51. The van der Waals surface area contributed by atoms with Crippen LogP contribution >= 0.6 is 0 Å². The van der Waals surface area contributed by atoms with Gasteiger partial charge in [-0.15, -0.1) is 0 Å². The molecule has 0 saturated heterocycles. The van der Waals surface area contributed by atoms with Gasteiger partial charge in [-0.3, -0.25) is 0 Å². The van der Waals surface area contributed by atoms with Crippen molar-refractivity contribution in [3.05, 3.63) is 0 Å². The molecule has 0 aromatic heterocycles. The number of hydrogen-bond donors (Lipinski definition) is 1. The van der Waals surface area contributed by atoms with E-state index in [-0.39, 0.29) is 0 Å². The summed E-state index contributed by atoms with van der Waals surface area (Å²) in [6.07, 6.45) is 5.75. The zero-order valence-electron chi connectivity index (χ0n) is 7.24. The van der Waals surface area contributed by atoms with Crippen molar-refractivity contribution in [2.24, 2.45) is 5.41 Å². The molecule has 0 atom stereocenters. The normalized spacial score (nSPS) is 21.0. The summed E-state index contributed by atoms with van der Waals surface area (Å²) in [7, 11) is 0. The summed E-state index contributed by atoms with van der Waals surface area (Å²) in [5.41, 5.74) is 0.780. The summed E-state index contributed by atoms with van der Waals surface area (Å²) in [6.45, 7) is 6.84. The Bertz CT molecular complexity index is 94.9. The molecule has 1 aliphatic carbocycles. The first-order chi connectivity index (χ1) is 4.83. The van der Waals surface area contributed by atoms with Crippen LogP contribution in [0.5, 0.6) is 0 Å². The Balaban J connectivity index is 2.01. The molecular formula is C9H19N. The number of hydrogen-bond acceptors (Lipinski definition) is 1. The first kappa shape index (κ1) is 8.06. The molecule has 0 aliphatic heterocycles. The highest BCUT2D eigenvalue weighted by molar-refractivity contribution is 4.91. The van der Waals surface area contributed by atoms with Crippen molar-refractivity contribution in [2.45, 2.75) is 39.5 Å². The van der Waals surface area contributed by atoms with Crippen LogP contribution in [0.1, 0.15) is 39.5 Å². The minimum Gasteiger partial charge on any atom is -0.317 e. The van der Waals surface area contributed by atoms with Gasteiger partial charge in [-0.25, -0.2) is 0 Å². The molecule has 0 heterocycles.